The number of benzene rings is 1. The van der Waals surface area contributed by atoms with E-state index in [1.165, 1.54) is 10.4 Å². The van der Waals surface area contributed by atoms with E-state index in [4.69, 9.17) is 9.47 Å². The second-order valence-electron chi connectivity index (χ2n) is 5.33. The third-order valence-corrected chi connectivity index (χ3v) is 5.02. The van der Waals surface area contributed by atoms with E-state index in [1.807, 2.05) is 37.3 Å². The molecule has 2 heterocycles. The fourth-order valence-corrected chi connectivity index (χ4v) is 3.62. The molecule has 0 unspecified atom stereocenters. The van der Waals surface area contributed by atoms with Crippen LogP contribution in [-0.4, -0.2) is 13.4 Å². The zero-order chi connectivity index (χ0) is 16.4. The van der Waals surface area contributed by atoms with Crippen LogP contribution in [0.15, 0.2) is 29.3 Å². The third-order valence-electron chi connectivity index (χ3n) is 3.87. The van der Waals surface area contributed by atoms with E-state index in [-0.39, 0.29) is 6.23 Å². The van der Waals surface area contributed by atoms with Crippen molar-refractivity contribution >= 4 is 28.8 Å². The standard InChI is InChI=1S/C18H20N2O2S/c1-5-6-13-7-8-14(15(9-13)21-4)22-17-16-11(2)12(3)23-18(16)20-10-19-17/h5-10,17H,1-4H3,(H,19,20)/b6-5+/t17-/m0/s1. The van der Waals surface area contributed by atoms with E-state index in [0.29, 0.717) is 11.5 Å². The molecule has 1 atom stereocenters. The summed E-state index contributed by atoms with van der Waals surface area (Å²) in [4.78, 5) is 5.73. The molecule has 1 aromatic heterocycles. The third kappa shape index (κ3) is 2.97. The normalized spacial score (nSPS) is 16.3. The first kappa shape index (κ1) is 15.6. The van der Waals surface area contributed by atoms with E-state index in [2.05, 4.69) is 24.2 Å². The number of methoxy groups -OCH3 is 1. The number of hydrogen-bond acceptors (Lipinski definition) is 5. The first-order valence-corrected chi connectivity index (χ1v) is 8.31. The Morgan fingerprint density at radius 1 is 1.26 bits per heavy atom. The molecule has 1 N–H and O–H groups in total. The van der Waals surface area contributed by atoms with Crippen LogP contribution in [0.4, 0.5) is 5.00 Å². The molecule has 0 amide bonds. The van der Waals surface area contributed by atoms with Crippen LogP contribution in [0.1, 0.15) is 34.7 Å². The largest absolute Gasteiger partial charge is 0.493 e. The zero-order valence-corrected chi connectivity index (χ0v) is 14.5. The van der Waals surface area contributed by atoms with Crippen LogP contribution >= 0.6 is 11.3 Å². The number of anilines is 1. The number of allylic oxidation sites excluding steroid dienone is 1. The number of nitrogens with zero attached hydrogens (tertiary/aromatic N) is 1. The van der Waals surface area contributed by atoms with E-state index < -0.39 is 0 Å². The topological polar surface area (TPSA) is 42.8 Å². The van der Waals surface area contributed by atoms with Gasteiger partial charge in [0.2, 0.25) is 6.23 Å². The minimum Gasteiger partial charge on any atom is -0.493 e. The van der Waals surface area contributed by atoms with Crippen molar-refractivity contribution in [2.75, 3.05) is 12.4 Å². The predicted molar refractivity (Wildman–Crippen MR) is 97.0 cm³/mol. The van der Waals surface area contributed by atoms with Gasteiger partial charge in [0.15, 0.2) is 11.5 Å². The Kier molecular flexibility index (Phi) is 4.39. The summed E-state index contributed by atoms with van der Waals surface area (Å²) in [7, 11) is 1.65. The fraction of sp³-hybridized carbons (Fsp3) is 0.278. The SMILES string of the molecule is C/C=C/c1ccc(O[C@@H]2N=CNc3sc(C)c(C)c32)c(OC)c1. The first-order chi connectivity index (χ1) is 11.1. The van der Waals surface area contributed by atoms with Gasteiger partial charge in [-0.15, -0.1) is 11.3 Å². The van der Waals surface area contributed by atoms with Gasteiger partial charge in [0.1, 0.15) is 5.00 Å². The Morgan fingerprint density at radius 3 is 2.83 bits per heavy atom. The molecule has 0 fully saturated rings. The number of aryl methyl sites for hydroxylation is 1. The molecule has 23 heavy (non-hydrogen) atoms. The van der Waals surface area contributed by atoms with Gasteiger partial charge in [-0.05, 0) is 44.0 Å². The highest BCUT2D eigenvalue weighted by molar-refractivity contribution is 7.16. The van der Waals surface area contributed by atoms with Crippen LogP contribution in [0.25, 0.3) is 6.08 Å². The van der Waals surface area contributed by atoms with Crippen LogP contribution < -0.4 is 14.8 Å². The maximum atomic E-state index is 6.15. The van der Waals surface area contributed by atoms with Crippen molar-refractivity contribution in [2.45, 2.75) is 27.0 Å². The van der Waals surface area contributed by atoms with Crippen LogP contribution in [0.3, 0.4) is 0 Å². The van der Waals surface area contributed by atoms with Crippen LogP contribution in [0.2, 0.25) is 0 Å². The van der Waals surface area contributed by atoms with Gasteiger partial charge < -0.3 is 14.8 Å². The second-order valence-corrected chi connectivity index (χ2v) is 6.55. The molecule has 1 aromatic carbocycles. The number of hydrogen-bond donors (Lipinski definition) is 1. The first-order valence-electron chi connectivity index (χ1n) is 7.49. The van der Waals surface area contributed by atoms with Crippen LogP contribution in [0.5, 0.6) is 11.5 Å². The van der Waals surface area contributed by atoms with Gasteiger partial charge in [-0.2, -0.15) is 0 Å². The Hall–Kier alpha value is -2.27. The molecule has 0 saturated carbocycles. The number of rotatable bonds is 4. The maximum absolute atomic E-state index is 6.15. The molecule has 0 saturated heterocycles. The van der Waals surface area contributed by atoms with Crippen LogP contribution in [0, 0.1) is 13.8 Å². The summed E-state index contributed by atoms with van der Waals surface area (Å²) < 4.78 is 11.6. The zero-order valence-electron chi connectivity index (χ0n) is 13.7. The maximum Gasteiger partial charge on any atom is 0.220 e. The van der Waals surface area contributed by atoms with Gasteiger partial charge in [-0.3, -0.25) is 0 Å². The Bertz CT molecular complexity index is 778. The highest BCUT2D eigenvalue weighted by atomic mass is 32.1. The molecule has 3 rings (SSSR count). The van der Waals surface area contributed by atoms with Gasteiger partial charge in [0, 0.05) is 4.88 Å². The monoisotopic (exact) mass is 328 g/mol. The average Bonchev–Trinajstić information content (AvgIpc) is 2.84. The van der Waals surface area contributed by atoms with Crippen molar-refractivity contribution in [1.82, 2.24) is 0 Å². The summed E-state index contributed by atoms with van der Waals surface area (Å²) in [6, 6.07) is 5.90. The highest BCUT2D eigenvalue weighted by Gasteiger charge is 2.25. The smallest absolute Gasteiger partial charge is 0.220 e. The van der Waals surface area contributed by atoms with E-state index in [1.54, 1.807) is 24.8 Å². The van der Waals surface area contributed by atoms with Gasteiger partial charge >= 0.3 is 0 Å². The summed E-state index contributed by atoms with van der Waals surface area (Å²) >= 11 is 1.73. The molecule has 1 aliphatic heterocycles. The number of nitrogens with one attached hydrogen (secondary N) is 1. The lowest BCUT2D eigenvalue weighted by Gasteiger charge is -2.21. The van der Waals surface area contributed by atoms with Gasteiger partial charge in [0.25, 0.3) is 0 Å². The summed E-state index contributed by atoms with van der Waals surface area (Å²) in [6.45, 7) is 6.21. The molecule has 0 bridgehead atoms. The lowest BCUT2D eigenvalue weighted by molar-refractivity contribution is 0.206. The molecule has 1 aliphatic rings. The fourth-order valence-electron chi connectivity index (χ4n) is 2.57. The lowest BCUT2D eigenvalue weighted by Crippen LogP contribution is -2.14. The van der Waals surface area contributed by atoms with Crippen molar-refractivity contribution in [2.24, 2.45) is 4.99 Å². The summed E-state index contributed by atoms with van der Waals surface area (Å²) in [5.74, 6) is 1.40. The predicted octanol–water partition coefficient (Wildman–Crippen LogP) is 4.94. The van der Waals surface area contributed by atoms with Crippen molar-refractivity contribution in [3.8, 4) is 11.5 Å². The van der Waals surface area contributed by atoms with Gasteiger partial charge in [-0.1, -0.05) is 18.2 Å². The molecule has 0 spiro atoms. The summed E-state index contributed by atoms with van der Waals surface area (Å²) in [5.41, 5.74) is 3.41. The summed E-state index contributed by atoms with van der Waals surface area (Å²) in [6.07, 6.45) is 5.37. The molecule has 0 aliphatic carbocycles. The van der Waals surface area contributed by atoms with E-state index >= 15 is 0 Å². The van der Waals surface area contributed by atoms with Gasteiger partial charge in [-0.25, -0.2) is 4.99 Å². The minimum atomic E-state index is -0.349. The number of fused-ring (bicyclic) bond motifs is 1. The van der Waals surface area contributed by atoms with Crippen molar-refractivity contribution in [1.29, 1.82) is 0 Å². The van der Waals surface area contributed by atoms with E-state index in [0.717, 1.165) is 16.1 Å². The molecule has 120 valence electrons. The highest BCUT2D eigenvalue weighted by Crippen LogP contribution is 2.42. The Balaban J connectivity index is 1.93. The molecular weight excluding hydrogens is 308 g/mol. The molecule has 4 nitrogen and oxygen atoms in total. The second kappa shape index (κ2) is 6.46. The van der Waals surface area contributed by atoms with Crippen molar-refractivity contribution < 1.29 is 9.47 Å². The van der Waals surface area contributed by atoms with Crippen molar-refractivity contribution in [3.63, 3.8) is 0 Å². The Morgan fingerprint density at radius 2 is 2.09 bits per heavy atom. The minimum absolute atomic E-state index is 0.349. The quantitative estimate of drug-likeness (QED) is 0.864. The van der Waals surface area contributed by atoms with Crippen LogP contribution in [-0.2, 0) is 0 Å². The van der Waals surface area contributed by atoms with Crippen molar-refractivity contribution in [3.05, 3.63) is 45.8 Å². The Labute approximate surface area is 140 Å². The lowest BCUT2D eigenvalue weighted by atomic mass is 10.1. The molecular formula is C18H20N2O2S. The average molecular weight is 328 g/mol. The van der Waals surface area contributed by atoms with E-state index in [9.17, 15) is 0 Å². The number of thiophene rings is 1. The number of aliphatic imine (C=N–C) groups is 1. The summed E-state index contributed by atoms with van der Waals surface area (Å²) in [5, 5.41) is 4.30. The molecule has 5 heteroatoms. The molecule has 0 radical (unpaired) electrons. The number of ether oxygens (including phenoxy) is 2. The van der Waals surface area contributed by atoms with Gasteiger partial charge in [0.05, 0.1) is 19.0 Å². The molecule has 2 aromatic rings.